The molecule has 116 valence electrons. The van der Waals surface area contributed by atoms with E-state index in [1.807, 2.05) is 0 Å². The van der Waals surface area contributed by atoms with Crippen LogP contribution in [0, 0.1) is 5.41 Å². The van der Waals surface area contributed by atoms with Gasteiger partial charge in [0.05, 0.1) is 12.2 Å². The van der Waals surface area contributed by atoms with Crippen LogP contribution in [0.1, 0.15) is 31.5 Å². The van der Waals surface area contributed by atoms with Gasteiger partial charge in [0.25, 0.3) is 0 Å². The molecule has 3 N–H and O–H groups in total. The maximum absolute atomic E-state index is 12.2. The highest BCUT2D eigenvalue weighted by Crippen LogP contribution is 2.49. The molecule has 2 atom stereocenters. The van der Waals surface area contributed by atoms with Gasteiger partial charge in [-0.3, -0.25) is 9.89 Å². The number of aliphatic hydroxyl groups excluding tert-OH is 2. The fourth-order valence-electron chi connectivity index (χ4n) is 3.35. The number of nitrogens with zero attached hydrogens (tertiary/aromatic N) is 3. The van der Waals surface area contributed by atoms with E-state index in [9.17, 15) is 15.0 Å². The standard InChI is InChI=1S/C13H19ClN4O3/c14-12-15-10(16-17-12)1-2-11(21)18-5-3-13(4-6-18)8(19)7-9(13)20/h8-9,19-20H,1-7H2,(H,15,16,17)/t8-,9+. The molecular formula is C13H19ClN4O3. The highest BCUT2D eigenvalue weighted by molar-refractivity contribution is 6.28. The van der Waals surface area contributed by atoms with Gasteiger partial charge >= 0.3 is 0 Å². The molecule has 1 saturated carbocycles. The maximum Gasteiger partial charge on any atom is 0.242 e. The number of aromatic nitrogens is 3. The predicted octanol–water partition coefficient (Wildman–Crippen LogP) is 0.125. The van der Waals surface area contributed by atoms with Crippen molar-refractivity contribution in [2.75, 3.05) is 13.1 Å². The van der Waals surface area contributed by atoms with E-state index in [0.717, 1.165) is 0 Å². The van der Waals surface area contributed by atoms with E-state index in [0.29, 0.717) is 51.0 Å². The van der Waals surface area contributed by atoms with Crippen LogP contribution in [0.5, 0.6) is 0 Å². The molecule has 0 bridgehead atoms. The minimum absolute atomic E-state index is 0.0562. The molecule has 3 rings (SSSR count). The normalized spacial score (nSPS) is 27.7. The number of rotatable bonds is 3. The van der Waals surface area contributed by atoms with E-state index >= 15 is 0 Å². The number of hydrogen-bond acceptors (Lipinski definition) is 5. The lowest BCUT2D eigenvalue weighted by molar-refractivity contribution is -0.191. The Morgan fingerprint density at radius 1 is 1.38 bits per heavy atom. The van der Waals surface area contributed by atoms with Crippen molar-refractivity contribution in [3.63, 3.8) is 0 Å². The molecule has 1 aliphatic heterocycles. The maximum atomic E-state index is 12.2. The molecule has 1 aromatic heterocycles. The number of likely N-dealkylation sites (tertiary alicyclic amines) is 1. The van der Waals surface area contributed by atoms with Crippen molar-refractivity contribution in [1.29, 1.82) is 0 Å². The Hall–Kier alpha value is -1.18. The van der Waals surface area contributed by atoms with E-state index in [1.54, 1.807) is 4.90 Å². The summed E-state index contributed by atoms with van der Waals surface area (Å²) in [6.45, 7) is 1.17. The second kappa shape index (κ2) is 5.55. The molecule has 8 heteroatoms. The SMILES string of the molecule is O=C(CCc1nc(Cl)n[nH]1)N1CCC2(CC1)[C@H](O)C[C@@H]2O. The van der Waals surface area contributed by atoms with Crippen molar-refractivity contribution >= 4 is 17.5 Å². The summed E-state index contributed by atoms with van der Waals surface area (Å²) in [5.74, 6) is 0.660. The number of halogens is 1. The first-order chi connectivity index (χ1) is 10.0. The van der Waals surface area contributed by atoms with E-state index in [-0.39, 0.29) is 16.6 Å². The van der Waals surface area contributed by atoms with Crippen molar-refractivity contribution in [3.05, 3.63) is 11.1 Å². The Balaban J connectivity index is 1.49. The van der Waals surface area contributed by atoms with E-state index < -0.39 is 12.2 Å². The number of piperidine rings is 1. The van der Waals surface area contributed by atoms with Crippen LogP contribution in [0.15, 0.2) is 0 Å². The molecule has 1 spiro atoms. The topological polar surface area (TPSA) is 102 Å². The minimum atomic E-state index is -0.430. The van der Waals surface area contributed by atoms with Gasteiger partial charge in [0.2, 0.25) is 11.2 Å². The molecule has 0 unspecified atom stereocenters. The molecule has 21 heavy (non-hydrogen) atoms. The van der Waals surface area contributed by atoms with E-state index in [1.165, 1.54) is 0 Å². The number of carbonyl (C=O) groups excluding carboxylic acids is 1. The van der Waals surface area contributed by atoms with Gasteiger partial charge in [0.1, 0.15) is 5.82 Å². The number of amides is 1. The molecule has 1 aromatic rings. The number of aryl methyl sites for hydroxylation is 1. The molecule has 1 aliphatic carbocycles. The zero-order valence-corrected chi connectivity index (χ0v) is 12.4. The summed E-state index contributed by atoms with van der Waals surface area (Å²) in [5, 5.41) is 26.3. The van der Waals surface area contributed by atoms with E-state index in [4.69, 9.17) is 11.6 Å². The molecule has 2 aliphatic rings. The number of hydrogen-bond donors (Lipinski definition) is 3. The Morgan fingerprint density at radius 2 is 2.05 bits per heavy atom. The first-order valence-electron chi connectivity index (χ1n) is 7.22. The van der Waals surface area contributed by atoms with Crippen molar-refractivity contribution in [2.45, 2.75) is 44.3 Å². The van der Waals surface area contributed by atoms with Gasteiger partial charge in [-0.1, -0.05) is 0 Å². The second-order valence-electron chi connectivity index (χ2n) is 5.93. The molecule has 7 nitrogen and oxygen atoms in total. The number of nitrogens with one attached hydrogen (secondary N) is 1. The Morgan fingerprint density at radius 3 is 2.57 bits per heavy atom. The lowest BCUT2D eigenvalue weighted by Gasteiger charge is -2.55. The van der Waals surface area contributed by atoms with Crippen LogP contribution >= 0.6 is 11.6 Å². The summed E-state index contributed by atoms with van der Waals surface area (Å²) in [4.78, 5) is 17.9. The monoisotopic (exact) mass is 314 g/mol. The Kier molecular flexibility index (Phi) is 3.90. The predicted molar refractivity (Wildman–Crippen MR) is 74.6 cm³/mol. The van der Waals surface area contributed by atoms with Crippen molar-refractivity contribution < 1.29 is 15.0 Å². The zero-order valence-electron chi connectivity index (χ0n) is 11.6. The van der Waals surface area contributed by atoms with Gasteiger partial charge in [0, 0.05) is 37.8 Å². The van der Waals surface area contributed by atoms with Crippen LogP contribution < -0.4 is 0 Å². The van der Waals surface area contributed by atoms with Gasteiger partial charge in [0.15, 0.2) is 0 Å². The lowest BCUT2D eigenvalue weighted by Crippen LogP contribution is -2.61. The number of aromatic amines is 1. The molecule has 0 radical (unpaired) electrons. The van der Waals surface area contributed by atoms with Gasteiger partial charge in [-0.05, 0) is 24.4 Å². The van der Waals surface area contributed by atoms with Crippen molar-refractivity contribution in [2.24, 2.45) is 5.41 Å². The Labute approximate surface area is 127 Å². The highest BCUT2D eigenvalue weighted by atomic mass is 35.5. The zero-order chi connectivity index (χ0) is 15.0. The molecule has 2 heterocycles. The third kappa shape index (κ3) is 2.65. The average molecular weight is 315 g/mol. The largest absolute Gasteiger partial charge is 0.392 e. The lowest BCUT2D eigenvalue weighted by atomic mass is 9.58. The quantitative estimate of drug-likeness (QED) is 0.735. The van der Waals surface area contributed by atoms with Crippen LogP contribution in [0.4, 0.5) is 0 Å². The third-order valence-corrected chi connectivity index (χ3v) is 5.07. The summed E-state index contributed by atoms with van der Waals surface area (Å²) in [5.41, 5.74) is -0.380. The number of aliphatic hydroxyl groups is 2. The average Bonchev–Trinajstić information content (AvgIpc) is 2.91. The molecular weight excluding hydrogens is 296 g/mol. The summed E-state index contributed by atoms with van der Waals surface area (Å²) < 4.78 is 0. The third-order valence-electron chi connectivity index (χ3n) is 4.90. The highest BCUT2D eigenvalue weighted by Gasteiger charge is 2.55. The fourth-order valence-corrected chi connectivity index (χ4v) is 3.49. The number of H-pyrrole nitrogens is 1. The van der Waals surface area contributed by atoms with Gasteiger partial charge < -0.3 is 15.1 Å². The summed E-state index contributed by atoms with van der Waals surface area (Å²) in [6.07, 6.45) is 1.75. The van der Waals surface area contributed by atoms with Crippen LogP contribution in [-0.4, -0.2) is 61.5 Å². The Bertz CT molecular complexity index is 517. The second-order valence-corrected chi connectivity index (χ2v) is 6.27. The smallest absolute Gasteiger partial charge is 0.242 e. The first kappa shape index (κ1) is 14.7. The summed E-state index contributed by atoms with van der Waals surface area (Å²) in [7, 11) is 0. The summed E-state index contributed by atoms with van der Waals surface area (Å²) >= 11 is 5.61. The molecule has 0 aromatic carbocycles. The van der Waals surface area contributed by atoms with Crippen LogP contribution in [-0.2, 0) is 11.2 Å². The van der Waals surface area contributed by atoms with Crippen molar-refractivity contribution in [3.8, 4) is 0 Å². The fraction of sp³-hybridized carbons (Fsp3) is 0.769. The molecule has 1 saturated heterocycles. The summed E-state index contributed by atoms with van der Waals surface area (Å²) in [6, 6.07) is 0. The van der Waals surface area contributed by atoms with Gasteiger partial charge in [-0.25, -0.2) is 4.98 Å². The van der Waals surface area contributed by atoms with E-state index in [2.05, 4.69) is 15.2 Å². The number of carbonyl (C=O) groups is 1. The van der Waals surface area contributed by atoms with Crippen LogP contribution in [0.3, 0.4) is 0 Å². The van der Waals surface area contributed by atoms with Crippen LogP contribution in [0.2, 0.25) is 5.28 Å². The van der Waals surface area contributed by atoms with Gasteiger partial charge in [-0.15, -0.1) is 5.10 Å². The minimum Gasteiger partial charge on any atom is -0.392 e. The van der Waals surface area contributed by atoms with Gasteiger partial charge in [-0.2, -0.15) is 0 Å². The van der Waals surface area contributed by atoms with Crippen LogP contribution in [0.25, 0.3) is 0 Å². The molecule has 1 amide bonds. The molecule has 2 fully saturated rings. The first-order valence-corrected chi connectivity index (χ1v) is 7.60. The van der Waals surface area contributed by atoms with Crippen molar-refractivity contribution in [1.82, 2.24) is 20.1 Å².